The summed E-state index contributed by atoms with van der Waals surface area (Å²) in [7, 11) is 1.63. The van der Waals surface area contributed by atoms with Crippen LogP contribution in [0.3, 0.4) is 0 Å². The second-order valence-electron chi connectivity index (χ2n) is 4.81. The monoisotopic (exact) mass is 281 g/mol. The summed E-state index contributed by atoms with van der Waals surface area (Å²) in [6.07, 6.45) is 3.35. The molecule has 108 valence electrons. The number of aryl methyl sites for hydroxylation is 1. The van der Waals surface area contributed by atoms with E-state index in [4.69, 9.17) is 4.74 Å². The molecule has 3 nitrogen and oxygen atoms in total. The van der Waals surface area contributed by atoms with E-state index in [1.54, 1.807) is 19.3 Å². The molecule has 0 heterocycles. The van der Waals surface area contributed by atoms with Crippen LogP contribution in [0.25, 0.3) is 6.08 Å². The van der Waals surface area contributed by atoms with Crippen LogP contribution in [0.5, 0.6) is 5.75 Å². The number of hydrogen-bond donors (Lipinski definition) is 1. The molecule has 2 aromatic carbocycles. The third-order valence-corrected chi connectivity index (χ3v) is 3.11. The highest BCUT2D eigenvalue weighted by molar-refractivity contribution is 5.91. The molecule has 1 amide bonds. The average molecular weight is 281 g/mol. The van der Waals surface area contributed by atoms with Crippen molar-refractivity contribution >= 4 is 12.0 Å². The molecule has 3 heteroatoms. The first-order valence-electron chi connectivity index (χ1n) is 6.83. The molecule has 0 aliphatic carbocycles. The maximum absolute atomic E-state index is 11.8. The Morgan fingerprint density at radius 3 is 2.67 bits per heavy atom. The summed E-state index contributed by atoms with van der Waals surface area (Å²) in [6, 6.07) is 15.7. The van der Waals surface area contributed by atoms with Crippen LogP contribution >= 0.6 is 0 Å². The number of ether oxygens (including phenoxy) is 1. The van der Waals surface area contributed by atoms with Gasteiger partial charge < -0.3 is 10.1 Å². The third kappa shape index (κ3) is 4.80. The summed E-state index contributed by atoms with van der Waals surface area (Å²) >= 11 is 0. The normalized spacial score (nSPS) is 10.6. The van der Waals surface area contributed by atoms with Gasteiger partial charge in [0, 0.05) is 12.6 Å². The van der Waals surface area contributed by atoms with Crippen LogP contribution in [0.2, 0.25) is 0 Å². The van der Waals surface area contributed by atoms with Gasteiger partial charge in [0.05, 0.1) is 7.11 Å². The fourth-order valence-corrected chi connectivity index (χ4v) is 1.88. The van der Waals surface area contributed by atoms with Crippen molar-refractivity contribution < 1.29 is 9.53 Å². The van der Waals surface area contributed by atoms with Gasteiger partial charge in [0.2, 0.25) is 5.91 Å². The molecule has 0 bridgehead atoms. The highest BCUT2D eigenvalue weighted by Gasteiger charge is 1.98. The molecule has 0 aliphatic heterocycles. The SMILES string of the molecule is COc1cccc(CNC(=O)/C=C/c2ccc(C)cc2)c1. The van der Waals surface area contributed by atoms with Gasteiger partial charge in [0.15, 0.2) is 0 Å². The summed E-state index contributed by atoms with van der Waals surface area (Å²) in [5, 5.41) is 2.85. The lowest BCUT2D eigenvalue weighted by molar-refractivity contribution is -0.116. The fourth-order valence-electron chi connectivity index (χ4n) is 1.88. The third-order valence-electron chi connectivity index (χ3n) is 3.11. The van der Waals surface area contributed by atoms with Gasteiger partial charge in [0.1, 0.15) is 5.75 Å². The van der Waals surface area contributed by atoms with E-state index < -0.39 is 0 Å². The minimum atomic E-state index is -0.113. The van der Waals surface area contributed by atoms with Crippen molar-refractivity contribution in [2.24, 2.45) is 0 Å². The maximum Gasteiger partial charge on any atom is 0.244 e. The number of rotatable bonds is 5. The Labute approximate surface area is 125 Å². The van der Waals surface area contributed by atoms with Gasteiger partial charge in [0.25, 0.3) is 0 Å². The first-order chi connectivity index (χ1) is 10.2. The molecule has 0 fully saturated rings. The Morgan fingerprint density at radius 1 is 1.19 bits per heavy atom. The Hall–Kier alpha value is -2.55. The van der Waals surface area contributed by atoms with Crippen LogP contribution < -0.4 is 10.1 Å². The van der Waals surface area contributed by atoms with Crippen LogP contribution in [0.15, 0.2) is 54.6 Å². The van der Waals surface area contributed by atoms with Gasteiger partial charge in [-0.3, -0.25) is 4.79 Å². The largest absolute Gasteiger partial charge is 0.497 e. The summed E-state index contributed by atoms with van der Waals surface area (Å²) < 4.78 is 5.15. The van der Waals surface area contributed by atoms with Crippen molar-refractivity contribution in [2.45, 2.75) is 13.5 Å². The first kappa shape index (κ1) is 14.9. The Morgan fingerprint density at radius 2 is 1.95 bits per heavy atom. The first-order valence-corrected chi connectivity index (χ1v) is 6.83. The molecule has 0 spiro atoms. The molecule has 1 N–H and O–H groups in total. The minimum Gasteiger partial charge on any atom is -0.497 e. The molecule has 2 rings (SSSR count). The topological polar surface area (TPSA) is 38.3 Å². The number of nitrogens with one attached hydrogen (secondary N) is 1. The van der Waals surface area contributed by atoms with Crippen LogP contribution in [0.1, 0.15) is 16.7 Å². The lowest BCUT2D eigenvalue weighted by atomic mass is 10.1. The van der Waals surface area contributed by atoms with Gasteiger partial charge in [-0.25, -0.2) is 0 Å². The zero-order valence-electron chi connectivity index (χ0n) is 12.3. The second kappa shape index (κ2) is 7.29. The molecule has 0 saturated carbocycles. The van der Waals surface area contributed by atoms with Gasteiger partial charge in [-0.05, 0) is 36.3 Å². The predicted octanol–water partition coefficient (Wildman–Crippen LogP) is 3.33. The van der Waals surface area contributed by atoms with Crippen molar-refractivity contribution in [1.82, 2.24) is 5.32 Å². The molecule has 0 radical (unpaired) electrons. The summed E-state index contributed by atoms with van der Waals surface area (Å²) in [5.74, 6) is 0.676. The van der Waals surface area contributed by atoms with Gasteiger partial charge in [-0.2, -0.15) is 0 Å². The molecule has 0 saturated heterocycles. The molecule has 0 atom stereocenters. The van der Waals surface area contributed by atoms with Crippen molar-refractivity contribution in [3.8, 4) is 5.75 Å². The van der Waals surface area contributed by atoms with E-state index in [0.29, 0.717) is 6.54 Å². The number of carbonyl (C=O) groups excluding carboxylic acids is 1. The quantitative estimate of drug-likeness (QED) is 0.854. The highest BCUT2D eigenvalue weighted by Crippen LogP contribution is 2.12. The zero-order valence-corrected chi connectivity index (χ0v) is 12.3. The smallest absolute Gasteiger partial charge is 0.244 e. The van der Waals surface area contributed by atoms with E-state index in [0.717, 1.165) is 16.9 Å². The molecular formula is C18H19NO2. The number of benzene rings is 2. The summed E-state index contributed by atoms with van der Waals surface area (Å²) in [5.41, 5.74) is 3.22. The van der Waals surface area contributed by atoms with Crippen LogP contribution in [0.4, 0.5) is 0 Å². The van der Waals surface area contributed by atoms with E-state index in [2.05, 4.69) is 5.32 Å². The standard InChI is InChI=1S/C18H19NO2/c1-14-6-8-15(9-7-14)10-11-18(20)19-13-16-4-3-5-17(12-16)21-2/h3-12H,13H2,1-2H3,(H,19,20)/b11-10+. The Balaban J connectivity index is 1.88. The van der Waals surface area contributed by atoms with Gasteiger partial charge in [-0.15, -0.1) is 0 Å². The van der Waals surface area contributed by atoms with E-state index in [1.807, 2.05) is 55.5 Å². The summed E-state index contributed by atoms with van der Waals surface area (Å²) in [4.78, 5) is 11.8. The molecule has 2 aromatic rings. The van der Waals surface area contributed by atoms with Crippen LogP contribution in [-0.2, 0) is 11.3 Å². The molecule has 0 unspecified atom stereocenters. The molecular weight excluding hydrogens is 262 g/mol. The van der Waals surface area contributed by atoms with E-state index in [9.17, 15) is 4.79 Å². The van der Waals surface area contributed by atoms with Crippen LogP contribution in [0, 0.1) is 6.92 Å². The highest BCUT2D eigenvalue weighted by atomic mass is 16.5. The number of carbonyl (C=O) groups is 1. The predicted molar refractivity (Wildman–Crippen MR) is 85.1 cm³/mol. The van der Waals surface area contributed by atoms with E-state index >= 15 is 0 Å². The van der Waals surface area contributed by atoms with E-state index in [1.165, 1.54) is 5.56 Å². The number of methoxy groups -OCH3 is 1. The lowest BCUT2D eigenvalue weighted by Gasteiger charge is -2.05. The molecule has 0 aliphatic rings. The minimum absolute atomic E-state index is 0.113. The number of amides is 1. The van der Waals surface area contributed by atoms with Gasteiger partial charge in [-0.1, -0.05) is 42.0 Å². The van der Waals surface area contributed by atoms with Crippen molar-refractivity contribution in [2.75, 3.05) is 7.11 Å². The van der Waals surface area contributed by atoms with Crippen molar-refractivity contribution in [1.29, 1.82) is 0 Å². The van der Waals surface area contributed by atoms with Crippen LogP contribution in [-0.4, -0.2) is 13.0 Å². The lowest BCUT2D eigenvalue weighted by Crippen LogP contribution is -2.20. The van der Waals surface area contributed by atoms with Crippen molar-refractivity contribution in [3.05, 3.63) is 71.3 Å². The van der Waals surface area contributed by atoms with Crippen molar-refractivity contribution in [3.63, 3.8) is 0 Å². The second-order valence-corrected chi connectivity index (χ2v) is 4.81. The Bertz CT molecular complexity index is 630. The fraction of sp³-hybridized carbons (Fsp3) is 0.167. The molecule has 21 heavy (non-hydrogen) atoms. The average Bonchev–Trinajstić information content (AvgIpc) is 2.52. The maximum atomic E-state index is 11.8. The summed E-state index contributed by atoms with van der Waals surface area (Å²) in [6.45, 7) is 2.52. The molecule has 0 aromatic heterocycles. The zero-order chi connectivity index (χ0) is 15.1. The van der Waals surface area contributed by atoms with E-state index in [-0.39, 0.29) is 5.91 Å². The van der Waals surface area contributed by atoms with Gasteiger partial charge >= 0.3 is 0 Å². The number of hydrogen-bond acceptors (Lipinski definition) is 2. The Kier molecular flexibility index (Phi) is 5.16.